The molecule has 0 amide bonds. The maximum Gasteiger partial charge on any atom is 0.282 e. The van der Waals surface area contributed by atoms with E-state index in [1.54, 1.807) is 25.3 Å². The molecule has 0 fully saturated rings. The van der Waals surface area contributed by atoms with Crippen molar-refractivity contribution >= 4 is 28.9 Å². The minimum Gasteiger partial charge on any atom is -0.448 e. The summed E-state index contributed by atoms with van der Waals surface area (Å²) in [5.74, 6) is 1.06. The van der Waals surface area contributed by atoms with Crippen LogP contribution < -0.4 is 5.56 Å². The first-order chi connectivity index (χ1) is 12.7. The van der Waals surface area contributed by atoms with Gasteiger partial charge in [-0.2, -0.15) is 9.78 Å². The largest absolute Gasteiger partial charge is 0.448 e. The first kappa shape index (κ1) is 16.3. The van der Waals surface area contributed by atoms with Crippen LogP contribution in [0.4, 0.5) is 0 Å². The normalized spacial score (nSPS) is 11.4. The maximum atomic E-state index is 12.6. The van der Waals surface area contributed by atoms with E-state index < -0.39 is 0 Å². The van der Waals surface area contributed by atoms with E-state index in [-0.39, 0.29) is 5.56 Å². The van der Waals surface area contributed by atoms with Gasteiger partial charge < -0.3 is 4.42 Å². The number of aryl methyl sites for hydroxylation is 1. The third-order valence-corrected chi connectivity index (χ3v) is 4.53. The average Bonchev–Trinajstić information content (AvgIpc) is 3.10. The molecule has 0 aliphatic carbocycles. The molecule has 0 radical (unpaired) electrons. The van der Waals surface area contributed by atoms with E-state index in [4.69, 9.17) is 4.42 Å². The molecule has 128 valence electrons. The van der Waals surface area contributed by atoms with E-state index in [1.807, 2.05) is 42.5 Å². The van der Waals surface area contributed by atoms with Crippen LogP contribution >= 0.6 is 11.8 Å². The third-order valence-electron chi connectivity index (χ3n) is 3.66. The molecule has 26 heavy (non-hydrogen) atoms. The van der Waals surface area contributed by atoms with Crippen LogP contribution in [0, 0.1) is 6.92 Å². The molecule has 6 nitrogen and oxygen atoms in total. The van der Waals surface area contributed by atoms with Crippen molar-refractivity contribution in [3.05, 3.63) is 82.7 Å². The molecule has 0 aliphatic heterocycles. The zero-order chi connectivity index (χ0) is 17.9. The lowest BCUT2D eigenvalue weighted by atomic mass is 10.2. The molecule has 1 aromatic carbocycles. The van der Waals surface area contributed by atoms with Gasteiger partial charge in [0, 0.05) is 6.20 Å². The number of rotatable bonds is 4. The molecule has 0 bridgehead atoms. The molecular formula is C19H14N4O2S. The summed E-state index contributed by atoms with van der Waals surface area (Å²) in [5.41, 5.74) is 0.451. The van der Waals surface area contributed by atoms with E-state index in [1.165, 1.54) is 22.7 Å². The van der Waals surface area contributed by atoms with Crippen molar-refractivity contribution in [3.8, 4) is 0 Å². The summed E-state index contributed by atoms with van der Waals surface area (Å²) in [6, 6.07) is 16.5. The second-order valence-electron chi connectivity index (χ2n) is 5.46. The average molecular weight is 362 g/mol. The van der Waals surface area contributed by atoms with E-state index in [9.17, 15) is 4.79 Å². The number of nitrogens with zero attached hydrogens (tertiary/aromatic N) is 4. The van der Waals surface area contributed by atoms with Crippen LogP contribution in [0.5, 0.6) is 0 Å². The summed E-state index contributed by atoms with van der Waals surface area (Å²) in [7, 11) is 0. The molecule has 0 aliphatic rings. The second kappa shape index (κ2) is 6.97. The van der Waals surface area contributed by atoms with Crippen LogP contribution in [0.2, 0.25) is 0 Å². The Hall–Kier alpha value is -3.19. The van der Waals surface area contributed by atoms with Crippen LogP contribution in [0.25, 0.3) is 10.9 Å². The molecule has 0 N–H and O–H groups in total. The summed E-state index contributed by atoms with van der Waals surface area (Å²) in [4.78, 5) is 21.2. The molecule has 0 saturated heterocycles. The number of benzene rings is 1. The highest BCUT2D eigenvalue weighted by molar-refractivity contribution is 7.99. The quantitative estimate of drug-likeness (QED) is 0.517. The highest BCUT2D eigenvalue weighted by Crippen LogP contribution is 2.26. The number of fused-ring (bicyclic) bond motifs is 1. The van der Waals surface area contributed by atoms with Crippen molar-refractivity contribution in [1.82, 2.24) is 14.6 Å². The van der Waals surface area contributed by atoms with Crippen molar-refractivity contribution in [2.45, 2.75) is 17.0 Å². The number of furan rings is 1. The summed E-state index contributed by atoms with van der Waals surface area (Å²) in [6.07, 6.45) is 3.24. The Kier molecular flexibility index (Phi) is 4.37. The molecule has 4 aromatic rings. The standard InChI is InChI=1S/C19H14N4O2S/c1-13-22-16-7-3-2-6-15(16)19(24)23(13)21-12-14-9-10-18(25-14)26-17-8-4-5-11-20-17/h2-12H,1H3. The zero-order valence-corrected chi connectivity index (χ0v) is 14.7. The topological polar surface area (TPSA) is 73.3 Å². The Morgan fingerprint density at radius 3 is 2.81 bits per heavy atom. The predicted molar refractivity (Wildman–Crippen MR) is 101 cm³/mol. The van der Waals surface area contributed by atoms with Gasteiger partial charge in [0.1, 0.15) is 16.6 Å². The second-order valence-corrected chi connectivity index (χ2v) is 6.49. The van der Waals surface area contributed by atoms with Gasteiger partial charge in [-0.1, -0.05) is 18.2 Å². The Labute approximate surface area is 153 Å². The Morgan fingerprint density at radius 2 is 1.96 bits per heavy atom. The van der Waals surface area contributed by atoms with Crippen LogP contribution in [0.3, 0.4) is 0 Å². The van der Waals surface area contributed by atoms with E-state index >= 15 is 0 Å². The van der Waals surface area contributed by atoms with Crippen molar-refractivity contribution in [3.63, 3.8) is 0 Å². The molecule has 7 heteroatoms. The Bertz CT molecular complexity index is 1150. The highest BCUT2D eigenvalue weighted by atomic mass is 32.2. The molecule has 0 spiro atoms. The van der Waals surface area contributed by atoms with Gasteiger partial charge in [-0.15, -0.1) is 0 Å². The van der Waals surface area contributed by atoms with Crippen molar-refractivity contribution in [1.29, 1.82) is 0 Å². The minimum absolute atomic E-state index is 0.209. The Balaban J connectivity index is 1.61. The van der Waals surface area contributed by atoms with Gasteiger partial charge in [0.2, 0.25) is 0 Å². The Morgan fingerprint density at radius 1 is 1.12 bits per heavy atom. The minimum atomic E-state index is -0.209. The lowest BCUT2D eigenvalue weighted by Gasteiger charge is -2.04. The van der Waals surface area contributed by atoms with Crippen molar-refractivity contribution in [2.75, 3.05) is 0 Å². The van der Waals surface area contributed by atoms with E-state index in [0.29, 0.717) is 27.6 Å². The van der Waals surface area contributed by atoms with E-state index in [2.05, 4.69) is 15.1 Å². The first-order valence-corrected chi connectivity index (χ1v) is 8.74. The van der Waals surface area contributed by atoms with Crippen molar-refractivity contribution in [2.24, 2.45) is 5.10 Å². The molecule has 0 atom stereocenters. The van der Waals surface area contributed by atoms with Crippen molar-refractivity contribution < 1.29 is 4.42 Å². The van der Waals surface area contributed by atoms with Gasteiger partial charge in [-0.25, -0.2) is 9.97 Å². The summed E-state index contributed by atoms with van der Waals surface area (Å²) in [6.45, 7) is 1.75. The smallest absolute Gasteiger partial charge is 0.282 e. The fraction of sp³-hybridized carbons (Fsp3) is 0.0526. The van der Waals surface area contributed by atoms with Gasteiger partial charge in [-0.3, -0.25) is 4.79 Å². The molecule has 4 rings (SSSR count). The van der Waals surface area contributed by atoms with Gasteiger partial charge in [-0.05, 0) is 55.1 Å². The number of pyridine rings is 1. The fourth-order valence-corrected chi connectivity index (χ4v) is 3.19. The van der Waals surface area contributed by atoms with Gasteiger partial charge in [0.05, 0.1) is 17.1 Å². The number of aromatic nitrogens is 3. The summed E-state index contributed by atoms with van der Waals surface area (Å²) >= 11 is 1.42. The monoisotopic (exact) mass is 362 g/mol. The van der Waals surface area contributed by atoms with Gasteiger partial charge in [0.15, 0.2) is 5.09 Å². The van der Waals surface area contributed by atoms with Crippen LogP contribution in [-0.4, -0.2) is 20.9 Å². The maximum absolute atomic E-state index is 12.6. The molecule has 3 aromatic heterocycles. The number of hydrogen-bond acceptors (Lipinski definition) is 6. The fourth-order valence-electron chi connectivity index (χ4n) is 2.45. The molecule has 3 heterocycles. The number of hydrogen-bond donors (Lipinski definition) is 0. The molecular weight excluding hydrogens is 348 g/mol. The van der Waals surface area contributed by atoms with Crippen LogP contribution in [-0.2, 0) is 0 Å². The number of para-hydroxylation sites is 1. The predicted octanol–water partition coefficient (Wildman–Crippen LogP) is 3.73. The first-order valence-electron chi connectivity index (χ1n) is 7.92. The third kappa shape index (κ3) is 3.29. The summed E-state index contributed by atoms with van der Waals surface area (Å²) in [5, 5.41) is 6.32. The highest BCUT2D eigenvalue weighted by Gasteiger charge is 2.07. The van der Waals surface area contributed by atoms with Crippen LogP contribution in [0.1, 0.15) is 11.6 Å². The zero-order valence-electron chi connectivity index (χ0n) is 13.9. The molecule has 0 unspecified atom stereocenters. The lowest BCUT2D eigenvalue weighted by molar-refractivity contribution is 0.468. The van der Waals surface area contributed by atoms with Gasteiger partial charge in [0.25, 0.3) is 5.56 Å². The van der Waals surface area contributed by atoms with E-state index in [0.717, 1.165) is 5.03 Å². The SMILES string of the molecule is Cc1nc2ccccc2c(=O)n1N=Cc1ccc(Sc2ccccn2)o1. The lowest BCUT2D eigenvalue weighted by Crippen LogP contribution is -2.20. The molecule has 0 saturated carbocycles. The summed E-state index contributed by atoms with van der Waals surface area (Å²) < 4.78 is 6.99. The van der Waals surface area contributed by atoms with Gasteiger partial charge >= 0.3 is 0 Å². The van der Waals surface area contributed by atoms with Crippen LogP contribution in [0.15, 0.2) is 85.2 Å².